The van der Waals surface area contributed by atoms with Gasteiger partial charge in [0.25, 0.3) is 5.91 Å². The van der Waals surface area contributed by atoms with Crippen LogP contribution in [0.5, 0.6) is 11.5 Å². The lowest BCUT2D eigenvalue weighted by Gasteiger charge is -2.56. The average molecular weight is 399 g/mol. The van der Waals surface area contributed by atoms with E-state index in [2.05, 4.69) is 10.9 Å². The zero-order valence-corrected chi connectivity index (χ0v) is 17.2. The predicted molar refractivity (Wildman–Crippen MR) is 110 cm³/mol. The molecule has 6 heteroatoms. The Morgan fingerprint density at radius 2 is 1.62 bits per heavy atom. The van der Waals surface area contributed by atoms with Gasteiger partial charge in [-0.2, -0.15) is 0 Å². The molecule has 0 unspecified atom stereocenters. The number of amides is 2. The van der Waals surface area contributed by atoms with Crippen LogP contribution in [0, 0.1) is 23.2 Å². The number of ether oxygens (including phenoxy) is 2. The third-order valence-electron chi connectivity index (χ3n) is 6.86. The zero-order chi connectivity index (χ0) is 20.4. The van der Waals surface area contributed by atoms with Gasteiger partial charge in [-0.1, -0.05) is 6.07 Å². The molecule has 6 nitrogen and oxygen atoms in total. The van der Waals surface area contributed by atoms with Crippen LogP contribution >= 0.6 is 0 Å². The second kappa shape index (κ2) is 8.09. The van der Waals surface area contributed by atoms with Crippen LogP contribution in [0.2, 0.25) is 0 Å². The maximum Gasteiger partial charge on any atom is 0.262 e. The van der Waals surface area contributed by atoms with E-state index in [0.29, 0.717) is 17.9 Å². The Kier molecular flexibility index (Phi) is 5.52. The monoisotopic (exact) mass is 398 g/mol. The molecule has 1 aromatic rings. The number of rotatable bonds is 6. The first kappa shape index (κ1) is 19.8. The van der Waals surface area contributed by atoms with E-state index in [9.17, 15) is 9.59 Å². The second-order valence-corrected chi connectivity index (χ2v) is 9.08. The molecular weight excluding hydrogens is 368 g/mol. The summed E-state index contributed by atoms with van der Waals surface area (Å²) in [5, 5.41) is 0. The Morgan fingerprint density at radius 1 is 1.00 bits per heavy atom. The molecule has 0 saturated heterocycles. The molecule has 0 heterocycles. The van der Waals surface area contributed by atoms with E-state index in [1.165, 1.54) is 44.6 Å². The molecule has 2 N–H and O–H groups in total. The number of benzene rings is 1. The Balaban J connectivity index is 1.27. The minimum Gasteiger partial charge on any atom is -0.493 e. The van der Waals surface area contributed by atoms with Gasteiger partial charge in [-0.3, -0.25) is 20.4 Å². The van der Waals surface area contributed by atoms with Crippen molar-refractivity contribution in [2.24, 2.45) is 23.2 Å². The van der Waals surface area contributed by atoms with Crippen molar-refractivity contribution in [1.29, 1.82) is 0 Å². The highest BCUT2D eigenvalue weighted by atomic mass is 16.5. The van der Waals surface area contributed by atoms with Crippen molar-refractivity contribution in [1.82, 2.24) is 10.9 Å². The van der Waals surface area contributed by atoms with Gasteiger partial charge >= 0.3 is 0 Å². The predicted octanol–water partition coefficient (Wildman–Crippen LogP) is 3.47. The molecule has 4 aliphatic carbocycles. The van der Waals surface area contributed by atoms with Crippen molar-refractivity contribution in [3.8, 4) is 11.5 Å². The topological polar surface area (TPSA) is 76.7 Å². The van der Waals surface area contributed by atoms with Gasteiger partial charge in [-0.05, 0) is 85.5 Å². The molecule has 0 spiro atoms. The molecule has 4 fully saturated rings. The molecule has 0 aliphatic heterocycles. The standard InChI is InChI=1S/C23H30N2O4/c1-28-19-5-3-15(10-20(19)29-2)4-6-21(26)24-25-22(27)14-23-11-16-7-17(12-23)9-18(8-16)13-23/h3-6,10,16-18H,7-9,11-14H2,1-2H3,(H,24,26)(H,25,27). The fourth-order valence-electron chi connectivity index (χ4n) is 6.19. The largest absolute Gasteiger partial charge is 0.493 e. The normalized spacial score (nSPS) is 29.7. The first-order valence-corrected chi connectivity index (χ1v) is 10.5. The van der Waals surface area contributed by atoms with Crippen molar-refractivity contribution < 1.29 is 19.1 Å². The number of hydrogen-bond acceptors (Lipinski definition) is 4. The van der Waals surface area contributed by atoms with E-state index >= 15 is 0 Å². The van der Waals surface area contributed by atoms with Gasteiger partial charge in [0.15, 0.2) is 11.5 Å². The minimum atomic E-state index is -0.362. The number of hydrogen-bond donors (Lipinski definition) is 2. The van der Waals surface area contributed by atoms with Crippen LogP contribution in [-0.4, -0.2) is 26.0 Å². The van der Waals surface area contributed by atoms with Crippen molar-refractivity contribution in [2.45, 2.75) is 44.9 Å². The SMILES string of the molecule is COc1ccc(C=CC(=O)NNC(=O)CC23CC4CC(CC(C4)C2)C3)cc1OC. The summed E-state index contributed by atoms with van der Waals surface area (Å²) < 4.78 is 10.5. The van der Waals surface area contributed by atoms with Crippen molar-refractivity contribution >= 4 is 17.9 Å². The number of methoxy groups -OCH3 is 2. The minimum absolute atomic E-state index is 0.0835. The van der Waals surface area contributed by atoms with Crippen LogP contribution in [-0.2, 0) is 9.59 Å². The zero-order valence-electron chi connectivity index (χ0n) is 17.2. The lowest BCUT2D eigenvalue weighted by Crippen LogP contribution is -2.49. The fourth-order valence-corrected chi connectivity index (χ4v) is 6.19. The van der Waals surface area contributed by atoms with Crippen LogP contribution in [0.1, 0.15) is 50.5 Å². The number of carbonyl (C=O) groups is 2. The molecule has 4 aliphatic rings. The van der Waals surface area contributed by atoms with E-state index in [0.717, 1.165) is 23.3 Å². The third-order valence-corrected chi connectivity index (χ3v) is 6.86. The van der Waals surface area contributed by atoms with Gasteiger partial charge in [0.05, 0.1) is 14.2 Å². The lowest BCUT2D eigenvalue weighted by atomic mass is 9.49. The van der Waals surface area contributed by atoms with E-state index in [4.69, 9.17) is 9.47 Å². The molecule has 5 rings (SSSR count). The summed E-state index contributed by atoms with van der Waals surface area (Å²) in [5.41, 5.74) is 6.07. The van der Waals surface area contributed by atoms with Crippen molar-refractivity contribution in [3.05, 3.63) is 29.8 Å². The molecule has 156 valence electrons. The third kappa shape index (κ3) is 4.41. The first-order chi connectivity index (χ1) is 14.0. The van der Waals surface area contributed by atoms with E-state index in [-0.39, 0.29) is 17.2 Å². The van der Waals surface area contributed by atoms with Crippen LogP contribution in [0.25, 0.3) is 6.08 Å². The fraction of sp³-hybridized carbons (Fsp3) is 0.565. The second-order valence-electron chi connectivity index (χ2n) is 9.08. The summed E-state index contributed by atoms with van der Waals surface area (Å²) in [6.45, 7) is 0. The number of hydrazine groups is 1. The highest BCUT2D eigenvalue weighted by molar-refractivity contribution is 5.93. The first-order valence-electron chi connectivity index (χ1n) is 10.5. The van der Waals surface area contributed by atoms with Gasteiger partial charge in [0.1, 0.15) is 0 Å². The maximum atomic E-state index is 12.5. The van der Waals surface area contributed by atoms with Gasteiger partial charge < -0.3 is 9.47 Å². The van der Waals surface area contributed by atoms with Crippen LogP contribution < -0.4 is 20.3 Å². The summed E-state index contributed by atoms with van der Waals surface area (Å²) >= 11 is 0. The molecule has 29 heavy (non-hydrogen) atoms. The maximum absolute atomic E-state index is 12.5. The van der Waals surface area contributed by atoms with Crippen molar-refractivity contribution in [2.75, 3.05) is 14.2 Å². The molecule has 0 radical (unpaired) electrons. The summed E-state index contributed by atoms with van der Waals surface area (Å²) in [5.74, 6) is 3.22. The number of carbonyl (C=O) groups excluding carboxylic acids is 2. The highest BCUT2D eigenvalue weighted by Gasteiger charge is 2.51. The van der Waals surface area contributed by atoms with E-state index in [1.54, 1.807) is 32.4 Å². The smallest absolute Gasteiger partial charge is 0.262 e. The van der Waals surface area contributed by atoms with Crippen molar-refractivity contribution in [3.63, 3.8) is 0 Å². The van der Waals surface area contributed by atoms with Gasteiger partial charge in [0, 0.05) is 12.5 Å². The Hall–Kier alpha value is -2.50. The molecule has 4 bridgehead atoms. The Morgan fingerprint density at radius 3 is 2.21 bits per heavy atom. The summed E-state index contributed by atoms with van der Waals surface area (Å²) in [6.07, 6.45) is 11.2. The quantitative estimate of drug-likeness (QED) is 0.568. The average Bonchev–Trinajstić information content (AvgIpc) is 2.69. The van der Waals surface area contributed by atoms with Crippen LogP contribution in [0.15, 0.2) is 24.3 Å². The molecule has 2 amide bonds. The van der Waals surface area contributed by atoms with Crippen LogP contribution in [0.4, 0.5) is 0 Å². The van der Waals surface area contributed by atoms with Gasteiger partial charge in [-0.25, -0.2) is 0 Å². The number of nitrogens with one attached hydrogen (secondary N) is 2. The molecule has 1 aromatic carbocycles. The summed E-state index contributed by atoms with van der Waals surface area (Å²) in [6, 6.07) is 5.40. The van der Waals surface area contributed by atoms with E-state index in [1.807, 2.05) is 6.07 Å². The molecule has 4 saturated carbocycles. The molecular formula is C23H30N2O4. The summed E-state index contributed by atoms with van der Waals surface area (Å²) in [4.78, 5) is 24.6. The van der Waals surface area contributed by atoms with Gasteiger partial charge in [0.2, 0.25) is 5.91 Å². The highest BCUT2D eigenvalue weighted by Crippen LogP contribution is 2.61. The molecule has 0 atom stereocenters. The molecule has 0 aromatic heterocycles. The van der Waals surface area contributed by atoms with E-state index < -0.39 is 0 Å². The summed E-state index contributed by atoms with van der Waals surface area (Å²) in [7, 11) is 3.14. The van der Waals surface area contributed by atoms with Gasteiger partial charge in [-0.15, -0.1) is 0 Å². The Bertz CT molecular complexity index is 782. The lowest BCUT2D eigenvalue weighted by molar-refractivity contribution is -0.133. The Labute approximate surface area is 172 Å². The van der Waals surface area contributed by atoms with Crippen LogP contribution in [0.3, 0.4) is 0 Å².